The minimum Gasteiger partial charge on any atom is -0.389 e. The summed E-state index contributed by atoms with van der Waals surface area (Å²) >= 11 is 7.11. The molecular weight excluding hydrogens is 283 g/mol. The summed E-state index contributed by atoms with van der Waals surface area (Å²) in [6, 6.07) is 5.93. The first-order valence-corrected chi connectivity index (χ1v) is 4.90. The van der Waals surface area contributed by atoms with Gasteiger partial charge in [0.1, 0.15) is 4.99 Å². The molecule has 0 aliphatic heterocycles. The maximum absolute atomic E-state index is 5.51. The second-order valence-corrected chi connectivity index (χ2v) is 4.03. The van der Waals surface area contributed by atoms with Gasteiger partial charge in [0.05, 0.1) is 0 Å². The molecule has 0 bridgehead atoms. The lowest BCUT2D eigenvalue weighted by Gasteiger charge is -2.04. The van der Waals surface area contributed by atoms with Crippen LogP contribution in [0.3, 0.4) is 0 Å². The standard InChI is InChI=1S/C8H9IN2S/c1-11-7-3-5(8(10)12)2-6(9)4-7/h2-4,11H,1H3,(H2,10,12). The molecule has 0 aliphatic rings. The van der Waals surface area contributed by atoms with Crippen molar-refractivity contribution in [1.82, 2.24) is 0 Å². The van der Waals surface area contributed by atoms with Gasteiger partial charge in [-0.05, 0) is 40.8 Å². The molecule has 0 spiro atoms. The van der Waals surface area contributed by atoms with Gasteiger partial charge in [0.2, 0.25) is 0 Å². The van der Waals surface area contributed by atoms with Crippen LogP contribution in [0, 0.1) is 3.57 Å². The van der Waals surface area contributed by atoms with Crippen molar-refractivity contribution < 1.29 is 0 Å². The molecular formula is C8H9IN2S. The Morgan fingerprint density at radius 3 is 2.67 bits per heavy atom. The van der Waals surface area contributed by atoms with Crippen LogP contribution in [-0.4, -0.2) is 12.0 Å². The lowest BCUT2D eigenvalue weighted by atomic mass is 10.2. The first-order valence-electron chi connectivity index (χ1n) is 3.41. The molecule has 1 rings (SSSR count). The number of hydrogen-bond donors (Lipinski definition) is 2. The zero-order chi connectivity index (χ0) is 9.14. The molecule has 0 saturated heterocycles. The van der Waals surface area contributed by atoms with E-state index in [-0.39, 0.29) is 0 Å². The largest absolute Gasteiger partial charge is 0.389 e. The Morgan fingerprint density at radius 2 is 2.17 bits per heavy atom. The van der Waals surface area contributed by atoms with Crippen molar-refractivity contribution in [3.63, 3.8) is 0 Å². The normalized spacial score (nSPS) is 9.50. The van der Waals surface area contributed by atoms with Crippen LogP contribution in [0.5, 0.6) is 0 Å². The molecule has 1 aromatic carbocycles. The average Bonchev–Trinajstić information content (AvgIpc) is 2.03. The highest BCUT2D eigenvalue weighted by atomic mass is 127. The van der Waals surface area contributed by atoms with E-state index < -0.39 is 0 Å². The lowest BCUT2D eigenvalue weighted by Crippen LogP contribution is -2.09. The van der Waals surface area contributed by atoms with E-state index in [1.165, 1.54) is 0 Å². The highest BCUT2D eigenvalue weighted by Crippen LogP contribution is 2.15. The second kappa shape index (κ2) is 4.04. The van der Waals surface area contributed by atoms with Crippen LogP contribution in [-0.2, 0) is 0 Å². The Morgan fingerprint density at radius 1 is 1.50 bits per heavy atom. The monoisotopic (exact) mass is 292 g/mol. The second-order valence-electron chi connectivity index (χ2n) is 2.34. The summed E-state index contributed by atoms with van der Waals surface area (Å²) in [6.07, 6.45) is 0. The Hall–Kier alpha value is -0.360. The molecule has 0 heterocycles. The number of nitrogens with two attached hydrogens (primary N) is 1. The predicted molar refractivity (Wildman–Crippen MR) is 64.6 cm³/mol. The van der Waals surface area contributed by atoms with E-state index in [1.807, 2.05) is 25.2 Å². The Bertz CT molecular complexity index is 312. The number of thiocarbonyl (C=S) groups is 1. The smallest absolute Gasteiger partial charge is 0.104 e. The number of rotatable bonds is 2. The van der Waals surface area contributed by atoms with Crippen LogP contribution >= 0.6 is 34.8 Å². The van der Waals surface area contributed by atoms with E-state index in [4.69, 9.17) is 18.0 Å². The zero-order valence-electron chi connectivity index (χ0n) is 6.60. The third-order valence-corrected chi connectivity index (χ3v) is 2.33. The third-order valence-electron chi connectivity index (χ3n) is 1.47. The van der Waals surface area contributed by atoms with Gasteiger partial charge in [-0.1, -0.05) is 12.2 Å². The molecule has 64 valence electrons. The molecule has 0 fully saturated rings. The van der Waals surface area contributed by atoms with Crippen LogP contribution in [0.25, 0.3) is 0 Å². The maximum atomic E-state index is 5.51. The van der Waals surface area contributed by atoms with Crippen molar-refractivity contribution in [3.8, 4) is 0 Å². The van der Waals surface area contributed by atoms with Crippen LogP contribution in [0.1, 0.15) is 5.56 Å². The van der Waals surface area contributed by atoms with Crippen LogP contribution in [0.2, 0.25) is 0 Å². The minimum atomic E-state index is 0.435. The molecule has 3 N–H and O–H groups in total. The zero-order valence-corrected chi connectivity index (χ0v) is 9.57. The topological polar surface area (TPSA) is 38.0 Å². The van der Waals surface area contributed by atoms with Gasteiger partial charge in [-0.15, -0.1) is 0 Å². The maximum Gasteiger partial charge on any atom is 0.104 e. The number of nitrogens with one attached hydrogen (secondary N) is 1. The number of benzene rings is 1. The molecule has 0 aliphatic carbocycles. The third kappa shape index (κ3) is 2.31. The summed E-state index contributed by atoms with van der Waals surface area (Å²) in [5, 5.41) is 3.04. The van der Waals surface area contributed by atoms with Crippen molar-refractivity contribution >= 4 is 45.5 Å². The van der Waals surface area contributed by atoms with E-state index in [2.05, 4.69) is 27.9 Å². The van der Waals surface area contributed by atoms with Gasteiger partial charge in [0, 0.05) is 21.9 Å². The SMILES string of the molecule is CNc1cc(I)cc(C(N)=S)c1. The summed E-state index contributed by atoms with van der Waals surface area (Å²) in [6.45, 7) is 0. The van der Waals surface area contributed by atoms with Crippen LogP contribution in [0.4, 0.5) is 5.69 Å². The summed E-state index contributed by atoms with van der Waals surface area (Å²) in [4.78, 5) is 0.435. The summed E-state index contributed by atoms with van der Waals surface area (Å²) in [7, 11) is 1.87. The molecule has 0 aromatic heterocycles. The van der Waals surface area contributed by atoms with Crippen molar-refractivity contribution in [2.45, 2.75) is 0 Å². The lowest BCUT2D eigenvalue weighted by molar-refractivity contribution is 1.48. The molecule has 1 aromatic rings. The van der Waals surface area contributed by atoms with Crippen molar-refractivity contribution in [2.24, 2.45) is 5.73 Å². The van der Waals surface area contributed by atoms with Crippen LogP contribution < -0.4 is 11.1 Å². The molecule has 0 amide bonds. The predicted octanol–water partition coefficient (Wildman–Crippen LogP) is 1.97. The quantitative estimate of drug-likeness (QED) is 0.646. The molecule has 0 saturated carbocycles. The highest BCUT2D eigenvalue weighted by Gasteiger charge is 1.99. The van der Waals surface area contributed by atoms with Gasteiger partial charge in [0.25, 0.3) is 0 Å². The van der Waals surface area contributed by atoms with Crippen LogP contribution in [0.15, 0.2) is 18.2 Å². The molecule has 12 heavy (non-hydrogen) atoms. The molecule has 0 radical (unpaired) electrons. The first-order chi connectivity index (χ1) is 5.63. The van der Waals surface area contributed by atoms with E-state index in [0.29, 0.717) is 4.99 Å². The van der Waals surface area contributed by atoms with E-state index in [0.717, 1.165) is 14.8 Å². The molecule has 0 unspecified atom stereocenters. The van der Waals surface area contributed by atoms with Gasteiger partial charge in [-0.3, -0.25) is 0 Å². The molecule has 4 heteroatoms. The van der Waals surface area contributed by atoms with E-state index in [1.54, 1.807) is 0 Å². The van der Waals surface area contributed by atoms with Gasteiger partial charge in [-0.25, -0.2) is 0 Å². The number of anilines is 1. The summed E-state index contributed by atoms with van der Waals surface area (Å²) < 4.78 is 1.13. The summed E-state index contributed by atoms with van der Waals surface area (Å²) in [5.74, 6) is 0. The first kappa shape index (κ1) is 9.73. The fraction of sp³-hybridized carbons (Fsp3) is 0.125. The Balaban J connectivity index is 3.15. The molecule has 0 atom stereocenters. The van der Waals surface area contributed by atoms with E-state index in [9.17, 15) is 0 Å². The minimum absolute atomic E-state index is 0.435. The fourth-order valence-corrected chi connectivity index (χ4v) is 1.67. The van der Waals surface area contributed by atoms with Gasteiger partial charge in [0.15, 0.2) is 0 Å². The molecule has 2 nitrogen and oxygen atoms in total. The van der Waals surface area contributed by atoms with Crippen molar-refractivity contribution in [1.29, 1.82) is 0 Å². The van der Waals surface area contributed by atoms with Gasteiger partial charge < -0.3 is 11.1 Å². The Kier molecular flexibility index (Phi) is 3.28. The highest BCUT2D eigenvalue weighted by molar-refractivity contribution is 14.1. The summed E-state index contributed by atoms with van der Waals surface area (Å²) in [5.41, 5.74) is 7.44. The van der Waals surface area contributed by atoms with Crippen molar-refractivity contribution in [3.05, 3.63) is 27.3 Å². The number of hydrogen-bond acceptors (Lipinski definition) is 2. The fourth-order valence-electron chi connectivity index (χ4n) is 0.876. The van der Waals surface area contributed by atoms with Gasteiger partial charge >= 0.3 is 0 Å². The van der Waals surface area contributed by atoms with Gasteiger partial charge in [-0.2, -0.15) is 0 Å². The van der Waals surface area contributed by atoms with E-state index >= 15 is 0 Å². The number of halogens is 1. The average molecular weight is 292 g/mol. The Labute approximate surface area is 90.7 Å². The van der Waals surface area contributed by atoms with Crippen molar-refractivity contribution in [2.75, 3.05) is 12.4 Å².